The van der Waals surface area contributed by atoms with Crippen molar-refractivity contribution in [3.63, 3.8) is 0 Å². The summed E-state index contributed by atoms with van der Waals surface area (Å²) in [6, 6.07) is -1.47. The predicted octanol–water partition coefficient (Wildman–Crippen LogP) is 11.5. The molecule has 4 N–H and O–H groups in total. The van der Waals surface area contributed by atoms with E-state index in [0.29, 0.717) is 13.0 Å². The molecule has 10 nitrogen and oxygen atoms in total. The van der Waals surface area contributed by atoms with Gasteiger partial charge in [0.25, 0.3) is 0 Å². The Morgan fingerprint density at radius 2 is 1.04 bits per heavy atom. The molecule has 0 saturated carbocycles. The molecular weight excluding hydrogens is 693 g/mol. The van der Waals surface area contributed by atoms with Gasteiger partial charge in [0.2, 0.25) is 0 Å². The van der Waals surface area contributed by atoms with Crippen molar-refractivity contribution in [2.24, 2.45) is 5.73 Å². The first-order valence-electron chi connectivity index (χ1n) is 21.4. The molecule has 0 heterocycles. The van der Waals surface area contributed by atoms with Gasteiger partial charge in [0.05, 0.1) is 19.8 Å². The van der Waals surface area contributed by atoms with Crippen molar-refractivity contribution in [2.75, 3.05) is 26.4 Å². The molecule has 0 amide bonds. The van der Waals surface area contributed by atoms with E-state index in [1.165, 1.54) is 122 Å². The number of allylic oxidation sites excluding steroid dienone is 4. The third kappa shape index (κ3) is 38.5. The number of carboxylic acids is 1. The highest BCUT2D eigenvalue weighted by Crippen LogP contribution is 2.43. The van der Waals surface area contributed by atoms with E-state index in [0.717, 1.165) is 44.9 Å². The number of carbonyl (C=O) groups is 2. The molecule has 11 heteroatoms. The van der Waals surface area contributed by atoms with E-state index in [9.17, 15) is 19.0 Å². The monoisotopic (exact) mass is 774 g/mol. The normalized spacial score (nSPS) is 14.2. The second kappa shape index (κ2) is 38.7. The highest BCUT2D eigenvalue weighted by Gasteiger charge is 2.27. The molecule has 0 saturated heterocycles. The second-order valence-electron chi connectivity index (χ2n) is 14.5. The highest BCUT2D eigenvalue weighted by molar-refractivity contribution is 7.47. The van der Waals surface area contributed by atoms with E-state index in [2.05, 4.69) is 38.2 Å². The van der Waals surface area contributed by atoms with Crippen LogP contribution in [0.15, 0.2) is 24.3 Å². The molecule has 0 aromatic rings. The summed E-state index contributed by atoms with van der Waals surface area (Å²) in [5.74, 6) is -1.78. The SMILES string of the molecule is CCCCCC/C=C\C/C=C\CCCCCCCCOCC(COP(=O)(O)OCC(N)C(=O)O)OC(=O)CCCCCCCCCCCCCCCC. The number of unbranched alkanes of at least 4 members (excludes halogenated alkanes) is 23. The Balaban J connectivity index is 4.25. The number of hydrogen-bond donors (Lipinski definition) is 3. The molecule has 0 aliphatic carbocycles. The summed E-state index contributed by atoms with van der Waals surface area (Å²) in [5, 5.41) is 8.88. The fourth-order valence-electron chi connectivity index (χ4n) is 5.87. The summed E-state index contributed by atoms with van der Waals surface area (Å²) in [6.45, 7) is 3.85. The van der Waals surface area contributed by atoms with Crippen LogP contribution in [0.3, 0.4) is 0 Å². The van der Waals surface area contributed by atoms with Gasteiger partial charge in [0.15, 0.2) is 0 Å². The van der Waals surface area contributed by atoms with Gasteiger partial charge in [-0.3, -0.25) is 18.6 Å². The average molecular weight is 774 g/mol. The molecule has 0 bridgehead atoms. The quantitative estimate of drug-likeness (QED) is 0.0237. The Labute approximate surface area is 324 Å². The van der Waals surface area contributed by atoms with Gasteiger partial charge in [-0.1, -0.05) is 167 Å². The smallest absolute Gasteiger partial charge is 0.472 e. The molecule has 0 aromatic carbocycles. The third-order valence-electron chi connectivity index (χ3n) is 9.23. The molecule has 0 aliphatic rings. The largest absolute Gasteiger partial charge is 0.480 e. The van der Waals surface area contributed by atoms with E-state index in [-0.39, 0.29) is 13.0 Å². The minimum absolute atomic E-state index is 0.0134. The van der Waals surface area contributed by atoms with Crippen LogP contribution in [0.1, 0.15) is 194 Å². The Bertz CT molecular complexity index is 946. The predicted molar refractivity (Wildman–Crippen MR) is 217 cm³/mol. The van der Waals surface area contributed by atoms with E-state index in [1.807, 2.05) is 0 Å². The summed E-state index contributed by atoms with van der Waals surface area (Å²) < 4.78 is 33.3. The molecular formula is C42H80NO9P. The van der Waals surface area contributed by atoms with Crippen molar-refractivity contribution in [1.82, 2.24) is 0 Å². The Morgan fingerprint density at radius 1 is 0.604 bits per heavy atom. The van der Waals surface area contributed by atoms with Crippen LogP contribution < -0.4 is 5.73 Å². The lowest BCUT2D eigenvalue weighted by Gasteiger charge is -2.20. The highest BCUT2D eigenvalue weighted by atomic mass is 31.2. The summed E-state index contributed by atoms with van der Waals surface area (Å²) >= 11 is 0. The molecule has 3 unspecified atom stereocenters. The Morgan fingerprint density at radius 3 is 1.55 bits per heavy atom. The van der Waals surface area contributed by atoms with Gasteiger partial charge in [-0.2, -0.15) is 0 Å². The average Bonchev–Trinajstić information content (AvgIpc) is 3.13. The molecule has 0 radical (unpaired) electrons. The number of nitrogens with two attached hydrogens (primary N) is 1. The van der Waals surface area contributed by atoms with Crippen molar-refractivity contribution in [1.29, 1.82) is 0 Å². The van der Waals surface area contributed by atoms with E-state index >= 15 is 0 Å². The zero-order valence-electron chi connectivity index (χ0n) is 33.9. The van der Waals surface area contributed by atoms with Crippen molar-refractivity contribution < 1.29 is 42.7 Å². The first-order valence-corrected chi connectivity index (χ1v) is 22.9. The molecule has 0 fully saturated rings. The first-order chi connectivity index (χ1) is 25.7. The Hall–Kier alpha value is -1.55. The van der Waals surface area contributed by atoms with Crippen LogP contribution in [0, 0.1) is 0 Å². The number of phosphoric acid groups is 1. The van der Waals surface area contributed by atoms with Crippen molar-refractivity contribution in [3.05, 3.63) is 24.3 Å². The van der Waals surface area contributed by atoms with Gasteiger partial charge in [-0.25, -0.2) is 4.57 Å². The molecule has 3 atom stereocenters. The van der Waals surface area contributed by atoms with Gasteiger partial charge >= 0.3 is 19.8 Å². The van der Waals surface area contributed by atoms with Gasteiger partial charge in [-0.15, -0.1) is 0 Å². The van der Waals surface area contributed by atoms with E-state index in [4.69, 9.17) is 29.4 Å². The number of phosphoric ester groups is 1. The topological polar surface area (TPSA) is 155 Å². The zero-order valence-corrected chi connectivity index (χ0v) is 34.8. The molecule has 0 aromatic heterocycles. The van der Waals surface area contributed by atoms with Gasteiger partial charge in [0.1, 0.15) is 12.1 Å². The molecule has 0 rings (SSSR count). The number of hydrogen-bond acceptors (Lipinski definition) is 8. The standard InChI is InChI=1S/C42H80NO9P/c1-3-5-7-9-11-13-15-17-19-20-21-23-25-27-29-31-33-35-49-36-39(37-50-53(47,48)51-38-40(43)42(45)46)52-41(44)34-32-30-28-26-24-22-18-16-14-12-10-8-6-4-2/h13,15,19-20,39-40H,3-12,14,16-18,21-38,43H2,1-2H3,(H,45,46)(H,47,48)/b15-13-,20-19-. The van der Waals surface area contributed by atoms with Crippen LogP contribution in [0.4, 0.5) is 0 Å². The number of carbonyl (C=O) groups excluding carboxylic acids is 1. The maximum atomic E-state index is 12.6. The van der Waals surface area contributed by atoms with Crippen molar-refractivity contribution in [3.8, 4) is 0 Å². The molecule has 0 spiro atoms. The number of ether oxygens (including phenoxy) is 2. The number of esters is 1. The van der Waals surface area contributed by atoms with Gasteiger partial charge < -0.3 is 25.2 Å². The van der Waals surface area contributed by atoms with Crippen LogP contribution >= 0.6 is 7.82 Å². The van der Waals surface area contributed by atoms with Gasteiger partial charge in [0, 0.05) is 13.0 Å². The fourth-order valence-corrected chi connectivity index (χ4v) is 6.65. The first kappa shape index (κ1) is 51.5. The summed E-state index contributed by atoms with van der Waals surface area (Å²) in [4.78, 5) is 33.5. The number of carboxylic acid groups (broad SMARTS) is 1. The van der Waals surface area contributed by atoms with Crippen LogP contribution in [-0.4, -0.2) is 60.5 Å². The minimum Gasteiger partial charge on any atom is -0.480 e. The summed E-state index contributed by atoms with van der Waals surface area (Å²) in [5.41, 5.74) is 5.35. The van der Waals surface area contributed by atoms with Crippen LogP contribution in [-0.2, 0) is 32.7 Å². The summed E-state index contributed by atoms with van der Waals surface area (Å²) in [6.07, 6.45) is 40.8. The van der Waals surface area contributed by atoms with E-state index in [1.54, 1.807) is 0 Å². The van der Waals surface area contributed by atoms with Crippen LogP contribution in [0.5, 0.6) is 0 Å². The summed E-state index contributed by atoms with van der Waals surface area (Å²) in [7, 11) is -4.61. The molecule has 312 valence electrons. The van der Waals surface area contributed by atoms with Crippen molar-refractivity contribution >= 4 is 19.8 Å². The number of aliphatic carboxylic acids is 1. The zero-order chi connectivity index (χ0) is 39.1. The van der Waals surface area contributed by atoms with Crippen molar-refractivity contribution in [2.45, 2.75) is 206 Å². The number of rotatable bonds is 41. The third-order valence-corrected chi connectivity index (χ3v) is 10.2. The maximum absolute atomic E-state index is 12.6. The van der Waals surface area contributed by atoms with Crippen LogP contribution in [0.2, 0.25) is 0 Å². The molecule has 0 aliphatic heterocycles. The molecule has 53 heavy (non-hydrogen) atoms. The lowest BCUT2D eigenvalue weighted by atomic mass is 10.0. The van der Waals surface area contributed by atoms with Crippen LogP contribution in [0.25, 0.3) is 0 Å². The maximum Gasteiger partial charge on any atom is 0.472 e. The Kier molecular flexibility index (Phi) is 37.6. The minimum atomic E-state index is -4.61. The van der Waals surface area contributed by atoms with E-state index < -0.39 is 45.1 Å². The second-order valence-corrected chi connectivity index (χ2v) is 15.9. The fraction of sp³-hybridized carbons (Fsp3) is 0.857. The van der Waals surface area contributed by atoms with Gasteiger partial charge in [-0.05, 0) is 44.9 Å². The lowest BCUT2D eigenvalue weighted by Crippen LogP contribution is -2.34. The lowest BCUT2D eigenvalue weighted by molar-refractivity contribution is -0.154.